The lowest BCUT2D eigenvalue weighted by atomic mass is 9.99. The minimum absolute atomic E-state index is 0.0625. The predicted octanol–water partition coefficient (Wildman–Crippen LogP) is 3.06. The van der Waals surface area contributed by atoms with Crippen molar-refractivity contribution in [3.63, 3.8) is 0 Å². The summed E-state index contributed by atoms with van der Waals surface area (Å²) in [6.45, 7) is 4.07. The molecule has 0 bridgehead atoms. The second-order valence-electron chi connectivity index (χ2n) is 8.75. The van der Waals surface area contributed by atoms with Crippen molar-refractivity contribution in [3.8, 4) is 16.9 Å². The lowest BCUT2D eigenvalue weighted by Gasteiger charge is -2.39. The molecule has 2 aliphatic rings. The summed E-state index contributed by atoms with van der Waals surface area (Å²) in [6.07, 6.45) is 4.30. The quantitative estimate of drug-likeness (QED) is 0.625. The predicted molar refractivity (Wildman–Crippen MR) is 124 cm³/mol. The van der Waals surface area contributed by atoms with Crippen LogP contribution >= 0.6 is 0 Å². The van der Waals surface area contributed by atoms with E-state index in [0.717, 1.165) is 35.3 Å². The van der Waals surface area contributed by atoms with Crippen LogP contribution in [0.5, 0.6) is 5.75 Å². The second-order valence-corrected chi connectivity index (χ2v) is 8.75. The van der Waals surface area contributed by atoms with Gasteiger partial charge in [0.1, 0.15) is 17.2 Å². The Hall–Kier alpha value is -3.23. The van der Waals surface area contributed by atoms with Gasteiger partial charge in [-0.05, 0) is 54.8 Å². The fourth-order valence-corrected chi connectivity index (χ4v) is 4.65. The molecule has 3 aromatic rings. The van der Waals surface area contributed by atoms with E-state index in [-0.39, 0.29) is 23.9 Å². The average Bonchev–Trinajstić information content (AvgIpc) is 3.22. The molecule has 2 aliphatic heterocycles. The summed E-state index contributed by atoms with van der Waals surface area (Å²) in [5.74, 6) is 0.345. The molecule has 4 heterocycles. The number of hydrogen-bond acceptors (Lipinski definition) is 5. The Balaban J connectivity index is 1.41. The number of fused-ring (bicyclic) bond motifs is 1. The number of nitrogens with zero attached hydrogens (tertiary/aromatic N) is 3. The zero-order valence-corrected chi connectivity index (χ0v) is 18.7. The van der Waals surface area contributed by atoms with E-state index in [1.807, 2.05) is 6.07 Å². The minimum Gasteiger partial charge on any atom is -0.496 e. The van der Waals surface area contributed by atoms with Crippen LogP contribution in [0.3, 0.4) is 0 Å². The van der Waals surface area contributed by atoms with Gasteiger partial charge >= 0.3 is 0 Å². The first-order chi connectivity index (χ1) is 15.9. The van der Waals surface area contributed by atoms with Gasteiger partial charge in [-0.1, -0.05) is 6.08 Å². The second kappa shape index (κ2) is 8.61. The number of H-pyrrole nitrogens is 1. The van der Waals surface area contributed by atoms with Gasteiger partial charge in [-0.2, -0.15) is 0 Å². The number of aliphatic hydroxyl groups is 1. The normalized spacial score (nSPS) is 19.5. The Morgan fingerprint density at radius 1 is 1.27 bits per heavy atom. The summed E-state index contributed by atoms with van der Waals surface area (Å²) in [7, 11) is 1.58. The monoisotopic (exact) mass is 450 g/mol. The standard InChI is InChI=1S/C25H27FN4O3/c1-15-9-16(6-8-29(15)14-24(32)30-12-18(31)13-30)22-11-21-19(5-7-27-25(21)28-22)20-10-17(26)3-4-23(20)33-2/h3-5,7,9-11,15,18,31H,6,8,12-14H2,1-2H3,(H,27,28)/t15-/m0/s1. The van der Waals surface area contributed by atoms with Crippen LogP contribution in [0.4, 0.5) is 4.39 Å². The molecule has 1 fully saturated rings. The van der Waals surface area contributed by atoms with Gasteiger partial charge in [0.2, 0.25) is 5.91 Å². The highest BCUT2D eigenvalue weighted by Crippen LogP contribution is 2.37. The van der Waals surface area contributed by atoms with E-state index in [0.29, 0.717) is 30.9 Å². The Bertz CT molecular complexity index is 1230. The molecule has 5 rings (SSSR count). The highest BCUT2D eigenvalue weighted by atomic mass is 19.1. The first-order valence-electron chi connectivity index (χ1n) is 11.2. The summed E-state index contributed by atoms with van der Waals surface area (Å²) in [6, 6.07) is 8.53. The third-order valence-corrected chi connectivity index (χ3v) is 6.57. The number of amides is 1. The minimum atomic E-state index is -0.382. The number of methoxy groups -OCH3 is 1. The van der Waals surface area contributed by atoms with Crippen molar-refractivity contribution in [1.29, 1.82) is 0 Å². The molecule has 33 heavy (non-hydrogen) atoms. The lowest BCUT2D eigenvalue weighted by Crippen LogP contribution is -2.56. The highest BCUT2D eigenvalue weighted by molar-refractivity contribution is 5.96. The number of carbonyl (C=O) groups excluding carboxylic acids is 1. The van der Waals surface area contributed by atoms with E-state index in [4.69, 9.17) is 4.74 Å². The zero-order chi connectivity index (χ0) is 23.1. The van der Waals surface area contributed by atoms with Crippen molar-refractivity contribution in [3.05, 3.63) is 54.1 Å². The number of likely N-dealkylation sites (tertiary alicyclic amines) is 1. The fourth-order valence-electron chi connectivity index (χ4n) is 4.65. The Morgan fingerprint density at radius 2 is 2.09 bits per heavy atom. The highest BCUT2D eigenvalue weighted by Gasteiger charge is 2.31. The number of ether oxygens (including phenoxy) is 1. The summed E-state index contributed by atoms with van der Waals surface area (Å²) in [5, 5.41) is 10.3. The van der Waals surface area contributed by atoms with Crippen molar-refractivity contribution in [2.24, 2.45) is 0 Å². The molecule has 1 saturated heterocycles. The zero-order valence-electron chi connectivity index (χ0n) is 18.7. The maximum Gasteiger partial charge on any atom is 0.236 e. The maximum atomic E-state index is 14.0. The Kier molecular flexibility index (Phi) is 5.64. The molecule has 2 aromatic heterocycles. The topological polar surface area (TPSA) is 81.7 Å². The SMILES string of the molecule is COc1ccc(F)cc1-c1ccnc2[nH]c(C3=C[C@H](C)N(CC(=O)N4CC(O)C4)CC3)cc12. The van der Waals surface area contributed by atoms with Crippen LogP contribution in [0.1, 0.15) is 19.0 Å². The molecule has 0 unspecified atom stereocenters. The molecular formula is C25H27FN4O3. The third-order valence-electron chi connectivity index (χ3n) is 6.57. The summed E-state index contributed by atoms with van der Waals surface area (Å²) < 4.78 is 19.5. The fraction of sp³-hybridized carbons (Fsp3) is 0.360. The lowest BCUT2D eigenvalue weighted by molar-refractivity contribution is -0.142. The van der Waals surface area contributed by atoms with Crippen LogP contribution in [-0.2, 0) is 4.79 Å². The number of hydrogen-bond donors (Lipinski definition) is 2. The molecule has 1 amide bonds. The van der Waals surface area contributed by atoms with Crippen LogP contribution < -0.4 is 4.74 Å². The number of rotatable bonds is 5. The van der Waals surface area contributed by atoms with Crippen molar-refractivity contribution in [2.45, 2.75) is 25.5 Å². The van der Waals surface area contributed by atoms with E-state index in [1.165, 1.54) is 17.7 Å². The summed E-state index contributed by atoms with van der Waals surface area (Å²) in [4.78, 5) is 24.1. The molecule has 0 aliphatic carbocycles. The van der Waals surface area contributed by atoms with Crippen molar-refractivity contribution in [1.82, 2.24) is 19.8 Å². The third kappa shape index (κ3) is 4.12. The van der Waals surface area contributed by atoms with Gasteiger partial charge in [-0.25, -0.2) is 9.37 Å². The molecule has 0 radical (unpaired) electrons. The van der Waals surface area contributed by atoms with Crippen molar-refractivity contribution < 1.29 is 19.0 Å². The van der Waals surface area contributed by atoms with E-state index in [9.17, 15) is 14.3 Å². The van der Waals surface area contributed by atoms with Gasteiger partial charge in [0.25, 0.3) is 0 Å². The first kappa shape index (κ1) is 21.6. The molecule has 8 heteroatoms. The van der Waals surface area contributed by atoms with E-state index < -0.39 is 0 Å². The van der Waals surface area contributed by atoms with Gasteiger partial charge in [-0.3, -0.25) is 9.69 Å². The molecule has 0 spiro atoms. The summed E-state index contributed by atoms with van der Waals surface area (Å²) in [5.41, 5.74) is 4.41. The molecule has 7 nitrogen and oxygen atoms in total. The molecule has 172 valence electrons. The van der Waals surface area contributed by atoms with Gasteiger partial charge in [-0.15, -0.1) is 0 Å². The van der Waals surface area contributed by atoms with E-state index >= 15 is 0 Å². The van der Waals surface area contributed by atoms with Gasteiger partial charge in [0.05, 0.1) is 19.8 Å². The molecule has 1 aromatic carbocycles. The number of aliphatic hydroxyl groups excluding tert-OH is 1. The Labute approximate surface area is 191 Å². The summed E-state index contributed by atoms with van der Waals surface area (Å²) >= 11 is 0. The first-order valence-corrected chi connectivity index (χ1v) is 11.2. The van der Waals surface area contributed by atoms with Crippen LogP contribution in [0, 0.1) is 5.82 Å². The molecule has 1 atom stereocenters. The van der Waals surface area contributed by atoms with Gasteiger partial charge in [0, 0.05) is 48.5 Å². The molecule has 0 saturated carbocycles. The van der Waals surface area contributed by atoms with Crippen LogP contribution in [-0.4, -0.2) is 76.2 Å². The number of aromatic amines is 1. The van der Waals surface area contributed by atoms with Crippen molar-refractivity contribution >= 4 is 22.5 Å². The van der Waals surface area contributed by atoms with Gasteiger partial charge < -0.3 is 19.7 Å². The molecule has 2 N–H and O–H groups in total. The van der Waals surface area contributed by atoms with Crippen LogP contribution in [0.2, 0.25) is 0 Å². The average molecular weight is 451 g/mol. The number of β-amino-alcohol motifs (C(OH)–C–C–N with tert-alkyl or cyclic N) is 1. The smallest absolute Gasteiger partial charge is 0.236 e. The van der Waals surface area contributed by atoms with Crippen molar-refractivity contribution in [2.75, 3.05) is 33.3 Å². The van der Waals surface area contributed by atoms with Crippen LogP contribution in [0.15, 0.2) is 42.6 Å². The maximum absolute atomic E-state index is 14.0. The number of benzene rings is 1. The molecular weight excluding hydrogens is 423 g/mol. The van der Waals surface area contributed by atoms with E-state index in [2.05, 4.69) is 33.9 Å². The number of aromatic nitrogens is 2. The number of nitrogens with one attached hydrogen (secondary N) is 1. The number of carbonyl (C=O) groups is 1. The van der Waals surface area contributed by atoms with Gasteiger partial charge in [0.15, 0.2) is 0 Å². The van der Waals surface area contributed by atoms with Crippen LogP contribution in [0.25, 0.3) is 27.7 Å². The Morgan fingerprint density at radius 3 is 2.82 bits per heavy atom. The number of halogens is 1. The largest absolute Gasteiger partial charge is 0.496 e. The number of pyridine rings is 1. The van der Waals surface area contributed by atoms with E-state index in [1.54, 1.807) is 24.3 Å².